The van der Waals surface area contributed by atoms with Crippen molar-refractivity contribution in [2.45, 2.75) is 51.4 Å². The van der Waals surface area contributed by atoms with Crippen molar-refractivity contribution >= 4 is 10.9 Å². The van der Waals surface area contributed by atoms with E-state index < -0.39 is 6.10 Å². The zero-order valence-corrected chi connectivity index (χ0v) is 18.1. The Kier molecular flexibility index (Phi) is 5.82. The van der Waals surface area contributed by atoms with E-state index in [0.29, 0.717) is 13.2 Å². The second-order valence-corrected chi connectivity index (χ2v) is 8.80. The smallest absolute Gasteiger partial charge is 0.120 e. The molecule has 30 heavy (non-hydrogen) atoms. The number of pyridine rings is 1. The van der Waals surface area contributed by atoms with Gasteiger partial charge < -0.3 is 25.0 Å². The van der Waals surface area contributed by atoms with E-state index in [1.165, 1.54) is 16.6 Å². The lowest BCUT2D eigenvalue weighted by molar-refractivity contribution is 0.156. The minimum absolute atomic E-state index is 0.338. The predicted octanol–water partition coefficient (Wildman–Crippen LogP) is 3.26. The third kappa shape index (κ3) is 4.21. The Labute approximate surface area is 178 Å². The van der Waals surface area contributed by atoms with Crippen LogP contribution in [-0.2, 0) is 19.5 Å². The lowest BCUT2D eigenvalue weighted by Crippen LogP contribution is -2.41. The molecular weight excluding hydrogens is 376 g/mol. The number of aliphatic hydroxyl groups is 1. The summed E-state index contributed by atoms with van der Waals surface area (Å²) >= 11 is 0. The molecule has 0 amide bonds. The van der Waals surface area contributed by atoms with Crippen molar-refractivity contribution in [1.82, 2.24) is 14.5 Å². The minimum Gasteiger partial charge on any atom is -0.492 e. The van der Waals surface area contributed by atoms with Crippen molar-refractivity contribution < 1.29 is 9.84 Å². The van der Waals surface area contributed by atoms with Gasteiger partial charge in [0.15, 0.2) is 0 Å². The molecule has 3 N–H and O–H groups in total. The Morgan fingerprint density at radius 1 is 1.27 bits per heavy atom. The number of aliphatic hydroxyl groups excluding tert-OH is 1. The minimum atomic E-state index is -0.578. The molecule has 2 unspecified atom stereocenters. The van der Waals surface area contributed by atoms with E-state index in [9.17, 15) is 5.11 Å². The molecule has 0 bridgehead atoms. The van der Waals surface area contributed by atoms with Crippen LogP contribution in [-0.4, -0.2) is 45.3 Å². The van der Waals surface area contributed by atoms with Gasteiger partial charge in [-0.25, -0.2) is 0 Å². The van der Waals surface area contributed by atoms with E-state index in [-0.39, 0.29) is 5.54 Å². The number of hydrogen-bond acceptors (Lipinski definition) is 5. The number of rotatable bonds is 7. The molecule has 0 spiro atoms. The lowest BCUT2D eigenvalue weighted by atomic mass is 10.0. The molecule has 1 aliphatic rings. The van der Waals surface area contributed by atoms with Crippen LogP contribution in [0.25, 0.3) is 10.9 Å². The molecule has 2 aromatic heterocycles. The molecule has 3 heterocycles. The van der Waals surface area contributed by atoms with Gasteiger partial charge in [0, 0.05) is 54.0 Å². The van der Waals surface area contributed by atoms with Crippen molar-refractivity contribution in [2.75, 3.05) is 20.2 Å². The number of nitrogens with two attached hydrogens (primary N) is 1. The van der Waals surface area contributed by atoms with Gasteiger partial charge in [-0.3, -0.25) is 4.98 Å². The van der Waals surface area contributed by atoms with Crippen molar-refractivity contribution in [3.8, 4) is 5.75 Å². The fourth-order valence-electron chi connectivity index (χ4n) is 4.08. The molecule has 3 aromatic rings. The third-order valence-electron chi connectivity index (χ3n) is 6.24. The van der Waals surface area contributed by atoms with Gasteiger partial charge in [-0.2, -0.15) is 0 Å². The molecule has 0 saturated carbocycles. The summed E-state index contributed by atoms with van der Waals surface area (Å²) in [6.07, 6.45) is 4.70. The Morgan fingerprint density at radius 3 is 2.77 bits per heavy atom. The summed E-state index contributed by atoms with van der Waals surface area (Å²) in [7, 11) is 2.15. The van der Waals surface area contributed by atoms with Crippen LogP contribution in [0.3, 0.4) is 0 Å². The average Bonchev–Trinajstić information content (AvgIpc) is 3.05. The van der Waals surface area contributed by atoms with E-state index in [0.717, 1.165) is 42.8 Å². The molecule has 0 radical (unpaired) electrons. The van der Waals surface area contributed by atoms with Gasteiger partial charge >= 0.3 is 0 Å². The van der Waals surface area contributed by atoms with Crippen molar-refractivity contribution in [2.24, 2.45) is 5.73 Å². The molecule has 4 rings (SSSR count). The first-order valence-electron chi connectivity index (χ1n) is 10.7. The maximum Gasteiger partial charge on any atom is 0.120 e. The van der Waals surface area contributed by atoms with Gasteiger partial charge in [0.25, 0.3) is 0 Å². The van der Waals surface area contributed by atoms with Gasteiger partial charge in [-0.1, -0.05) is 6.92 Å². The summed E-state index contributed by atoms with van der Waals surface area (Å²) in [5.74, 6) is 0.843. The first-order chi connectivity index (χ1) is 14.4. The Morgan fingerprint density at radius 2 is 2.03 bits per heavy atom. The highest BCUT2D eigenvalue weighted by molar-refractivity contribution is 5.87. The van der Waals surface area contributed by atoms with Crippen molar-refractivity contribution in [1.29, 1.82) is 0 Å². The molecular formula is C24H32N4O2. The quantitative estimate of drug-likeness (QED) is 0.628. The molecule has 6 heteroatoms. The fraction of sp³-hybridized carbons (Fsp3) is 0.458. The van der Waals surface area contributed by atoms with Gasteiger partial charge in [0.1, 0.15) is 12.4 Å². The van der Waals surface area contributed by atoms with Crippen molar-refractivity contribution in [3.63, 3.8) is 0 Å². The van der Waals surface area contributed by atoms with Crippen LogP contribution in [0.5, 0.6) is 5.75 Å². The van der Waals surface area contributed by atoms with Crippen LogP contribution >= 0.6 is 0 Å². The molecule has 0 fully saturated rings. The van der Waals surface area contributed by atoms with E-state index in [1.807, 2.05) is 25.1 Å². The molecule has 1 aromatic carbocycles. The van der Waals surface area contributed by atoms with Gasteiger partial charge in [0.2, 0.25) is 0 Å². The highest BCUT2D eigenvalue weighted by Crippen LogP contribution is 2.34. The van der Waals surface area contributed by atoms with Gasteiger partial charge in [-0.15, -0.1) is 0 Å². The first-order valence-corrected chi connectivity index (χ1v) is 10.7. The third-order valence-corrected chi connectivity index (χ3v) is 6.24. The van der Waals surface area contributed by atoms with E-state index in [1.54, 1.807) is 12.4 Å². The van der Waals surface area contributed by atoms with Crippen molar-refractivity contribution in [3.05, 3.63) is 59.5 Å². The second-order valence-electron chi connectivity index (χ2n) is 8.80. The summed E-state index contributed by atoms with van der Waals surface area (Å²) in [5, 5.41) is 12.1. The summed E-state index contributed by atoms with van der Waals surface area (Å²) < 4.78 is 8.33. The molecule has 0 saturated heterocycles. The van der Waals surface area contributed by atoms with Crippen LogP contribution in [0.1, 0.15) is 43.2 Å². The summed E-state index contributed by atoms with van der Waals surface area (Å²) in [6.45, 7) is 7.01. The second kappa shape index (κ2) is 8.38. The van der Waals surface area contributed by atoms with E-state index in [2.05, 4.69) is 40.6 Å². The average molecular weight is 409 g/mol. The molecule has 0 aliphatic carbocycles. The molecule has 160 valence electrons. The number of aromatic nitrogens is 2. The van der Waals surface area contributed by atoms with Crippen LogP contribution < -0.4 is 10.5 Å². The Balaban J connectivity index is 1.70. The highest BCUT2D eigenvalue weighted by atomic mass is 16.5. The fourth-order valence-corrected chi connectivity index (χ4v) is 4.08. The largest absolute Gasteiger partial charge is 0.492 e. The molecule has 1 aliphatic heterocycles. The van der Waals surface area contributed by atoms with Gasteiger partial charge in [-0.05, 0) is 61.9 Å². The van der Waals surface area contributed by atoms with Crippen LogP contribution in [0.2, 0.25) is 0 Å². The topological polar surface area (TPSA) is 76.5 Å². The number of benzene rings is 1. The SMILES string of the molecule is CCC(C)(N)COc1ccc2c(c1)c1c(n2CC(O)c2ccncc2)CCN(C)C1. The maximum absolute atomic E-state index is 10.9. The Bertz CT molecular complexity index is 1010. The summed E-state index contributed by atoms with van der Waals surface area (Å²) in [6, 6.07) is 10.0. The van der Waals surface area contributed by atoms with E-state index >= 15 is 0 Å². The predicted molar refractivity (Wildman–Crippen MR) is 120 cm³/mol. The normalized spacial score (nSPS) is 17.5. The van der Waals surface area contributed by atoms with Crippen LogP contribution in [0.15, 0.2) is 42.7 Å². The van der Waals surface area contributed by atoms with Crippen LogP contribution in [0.4, 0.5) is 0 Å². The standard InChI is InChI=1S/C24H32N4O2/c1-4-24(2,25)16-30-18-5-6-21-19(13-18)20-14-27(3)12-9-22(20)28(21)15-23(29)17-7-10-26-11-8-17/h5-8,10-11,13,23,29H,4,9,12,14-16,25H2,1-3H3. The number of fused-ring (bicyclic) bond motifs is 3. The van der Waals surface area contributed by atoms with Gasteiger partial charge in [0.05, 0.1) is 12.6 Å². The molecule has 2 atom stereocenters. The number of nitrogens with zero attached hydrogens (tertiary/aromatic N) is 3. The molecule has 6 nitrogen and oxygen atoms in total. The zero-order chi connectivity index (χ0) is 21.3. The van der Waals surface area contributed by atoms with Crippen LogP contribution in [0, 0.1) is 0 Å². The summed E-state index contributed by atoms with van der Waals surface area (Å²) in [5.41, 5.74) is 10.6. The lowest BCUT2D eigenvalue weighted by Gasteiger charge is -2.25. The number of ether oxygens (including phenoxy) is 1. The number of hydrogen-bond donors (Lipinski definition) is 2. The highest BCUT2D eigenvalue weighted by Gasteiger charge is 2.24. The van der Waals surface area contributed by atoms with E-state index in [4.69, 9.17) is 10.5 Å². The maximum atomic E-state index is 10.9. The first kappa shape index (κ1) is 20.8. The Hall–Kier alpha value is -2.41. The number of likely N-dealkylation sites (N-methyl/N-ethyl adjacent to an activating group) is 1. The zero-order valence-electron chi connectivity index (χ0n) is 18.1. The summed E-state index contributed by atoms with van der Waals surface area (Å²) in [4.78, 5) is 6.40. The monoisotopic (exact) mass is 408 g/mol.